The summed E-state index contributed by atoms with van der Waals surface area (Å²) in [5.74, 6) is -2.23. The van der Waals surface area contributed by atoms with Crippen LogP contribution in [-0.2, 0) is 6.18 Å². The van der Waals surface area contributed by atoms with Crippen LogP contribution in [0.15, 0.2) is 30.5 Å². The second kappa shape index (κ2) is 5.97. The molecule has 12 heteroatoms. The number of H-pyrrole nitrogens is 1. The van der Waals surface area contributed by atoms with E-state index in [2.05, 4.69) is 20.2 Å². The van der Waals surface area contributed by atoms with Crippen molar-refractivity contribution in [3.8, 4) is 5.69 Å². The lowest BCUT2D eigenvalue weighted by Crippen LogP contribution is -2.10. The Morgan fingerprint density at radius 3 is 2.57 bits per heavy atom. The number of hydrogen-bond donors (Lipinski definition) is 2. The van der Waals surface area contributed by atoms with Crippen molar-refractivity contribution in [1.82, 2.24) is 24.7 Å². The molecule has 3 heterocycles. The molecule has 144 valence electrons. The summed E-state index contributed by atoms with van der Waals surface area (Å²) >= 11 is 0. The molecule has 3 aromatic heterocycles. The number of benzene rings is 1. The molecule has 0 saturated heterocycles. The SMILES string of the molecule is O=C(O)c1cc(-n2c(C(F)F)nc3ccc(C(F)(F)F)nc32)cc2cn[nH]c12. The van der Waals surface area contributed by atoms with Gasteiger partial charge in [0.25, 0.3) is 6.43 Å². The number of imidazole rings is 1. The fourth-order valence-electron chi connectivity index (χ4n) is 2.87. The molecule has 0 unspecified atom stereocenters. The third-order valence-corrected chi connectivity index (χ3v) is 4.04. The van der Waals surface area contributed by atoms with Crippen LogP contribution in [0.25, 0.3) is 27.8 Å². The number of halogens is 5. The molecule has 0 aliphatic heterocycles. The van der Waals surface area contributed by atoms with Crippen LogP contribution >= 0.6 is 0 Å². The van der Waals surface area contributed by atoms with E-state index < -0.39 is 35.7 Å². The summed E-state index contributed by atoms with van der Waals surface area (Å²) in [6, 6.07) is 3.91. The zero-order valence-corrected chi connectivity index (χ0v) is 13.5. The summed E-state index contributed by atoms with van der Waals surface area (Å²) < 4.78 is 66.8. The average molecular weight is 397 g/mol. The fraction of sp³-hybridized carbons (Fsp3) is 0.125. The Balaban J connectivity index is 2.08. The first-order valence-corrected chi connectivity index (χ1v) is 7.62. The van der Waals surface area contributed by atoms with Crippen molar-refractivity contribution in [3.63, 3.8) is 0 Å². The van der Waals surface area contributed by atoms with Crippen LogP contribution in [0.1, 0.15) is 28.3 Å². The number of rotatable bonds is 3. The summed E-state index contributed by atoms with van der Waals surface area (Å²) in [6.07, 6.45) is -6.67. The van der Waals surface area contributed by atoms with Crippen LogP contribution in [0, 0.1) is 0 Å². The maximum atomic E-state index is 13.5. The van der Waals surface area contributed by atoms with Gasteiger partial charge >= 0.3 is 12.1 Å². The van der Waals surface area contributed by atoms with E-state index >= 15 is 0 Å². The Morgan fingerprint density at radius 1 is 1.18 bits per heavy atom. The number of aromatic nitrogens is 5. The number of fused-ring (bicyclic) bond motifs is 2. The summed E-state index contributed by atoms with van der Waals surface area (Å²) in [4.78, 5) is 18.6. The van der Waals surface area contributed by atoms with Gasteiger partial charge in [-0.15, -0.1) is 0 Å². The van der Waals surface area contributed by atoms with Crippen molar-refractivity contribution in [2.75, 3.05) is 0 Å². The summed E-state index contributed by atoms with van der Waals surface area (Å²) in [6.45, 7) is 0. The van der Waals surface area contributed by atoms with Crippen LogP contribution < -0.4 is 0 Å². The lowest BCUT2D eigenvalue weighted by Gasteiger charge is -2.11. The van der Waals surface area contributed by atoms with Gasteiger partial charge in [0.1, 0.15) is 11.2 Å². The first kappa shape index (κ1) is 17.8. The number of carboxylic acids is 1. The number of alkyl halides is 5. The molecule has 0 saturated carbocycles. The summed E-state index contributed by atoms with van der Waals surface area (Å²) in [5, 5.41) is 15.8. The molecule has 7 nitrogen and oxygen atoms in total. The van der Waals surface area contributed by atoms with Gasteiger partial charge in [-0.05, 0) is 24.3 Å². The van der Waals surface area contributed by atoms with Gasteiger partial charge in [-0.1, -0.05) is 0 Å². The van der Waals surface area contributed by atoms with Gasteiger partial charge in [-0.25, -0.2) is 23.5 Å². The topological polar surface area (TPSA) is 96.7 Å². The molecule has 2 N–H and O–H groups in total. The maximum absolute atomic E-state index is 13.5. The fourth-order valence-corrected chi connectivity index (χ4v) is 2.87. The number of carbonyl (C=O) groups is 1. The number of aromatic amines is 1. The van der Waals surface area contributed by atoms with Gasteiger partial charge in [0.05, 0.1) is 23.0 Å². The minimum absolute atomic E-state index is 0.129. The van der Waals surface area contributed by atoms with E-state index in [1.54, 1.807) is 0 Å². The van der Waals surface area contributed by atoms with E-state index in [0.717, 1.165) is 12.1 Å². The monoisotopic (exact) mass is 397 g/mol. The highest BCUT2D eigenvalue weighted by Crippen LogP contribution is 2.33. The van der Waals surface area contributed by atoms with Gasteiger partial charge in [-0.2, -0.15) is 18.3 Å². The van der Waals surface area contributed by atoms with Crippen LogP contribution in [0.2, 0.25) is 0 Å². The molecule has 0 spiro atoms. The predicted octanol–water partition coefficient (Wildman–Crippen LogP) is 3.95. The van der Waals surface area contributed by atoms with Crippen molar-refractivity contribution in [3.05, 3.63) is 47.5 Å². The molecule has 4 aromatic rings. The van der Waals surface area contributed by atoms with Crippen LogP contribution in [0.3, 0.4) is 0 Å². The van der Waals surface area contributed by atoms with E-state index in [0.29, 0.717) is 10.6 Å². The highest BCUT2D eigenvalue weighted by molar-refractivity contribution is 6.03. The molecular formula is C16H8F5N5O2. The van der Waals surface area contributed by atoms with E-state index in [1.165, 1.54) is 12.3 Å². The van der Waals surface area contributed by atoms with Gasteiger partial charge < -0.3 is 5.11 Å². The predicted molar refractivity (Wildman–Crippen MR) is 85.4 cm³/mol. The summed E-state index contributed by atoms with van der Waals surface area (Å²) in [5.41, 5.74) is -2.22. The largest absolute Gasteiger partial charge is 0.478 e. The van der Waals surface area contributed by atoms with E-state index in [9.17, 15) is 31.9 Å². The molecule has 4 rings (SSSR count). The molecule has 0 aliphatic rings. The Bertz CT molecular complexity index is 1230. The smallest absolute Gasteiger partial charge is 0.433 e. The average Bonchev–Trinajstić information content (AvgIpc) is 3.23. The first-order valence-electron chi connectivity index (χ1n) is 7.62. The molecule has 0 amide bonds. The number of pyridine rings is 1. The first-order chi connectivity index (χ1) is 13.2. The molecular weight excluding hydrogens is 389 g/mol. The zero-order chi connectivity index (χ0) is 20.2. The molecule has 0 radical (unpaired) electrons. The Morgan fingerprint density at radius 2 is 1.93 bits per heavy atom. The van der Waals surface area contributed by atoms with Crippen LogP contribution in [-0.4, -0.2) is 35.8 Å². The number of carboxylic acid groups (broad SMARTS) is 1. The molecule has 28 heavy (non-hydrogen) atoms. The van der Waals surface area contributed by atoms with Gasteiger partial charge in [0.2, 0.25) is 0 Å². The van der Waals surface area contributed by atoms with Gasteiger partial charge in [-0.3, -0.25) is 9.67 Å². The van der Waals surface area contributed by atoms with Gasteiger partial charge in [0, 0.05) is 5.39 Å². The summed E-state index contributed by atoms with van der Waals surface area (Å²) in [7, 11) is 0. The van der Waals surface area contributed by atoms with E-state index in [1.807, 2.05) is 0 Å². The van der Waals surface area contributed by atoms with E-state index in [-0.39, 0.29) is 27.7 Å². The highest BCUT2D eigenvalue weighted by Gasteiger charge is 2.34. The van der Waals surface area contributed by atoms with Crippen molar-refractivity contribution in [2.45, 2.75) is 12.6 Å². The second-order valence-corrected chi connectivity index (χ2v) is 5.78. The lowest BCUT2D eigenvalue weighted by atomic mass is 10.1. The molecule has 0 bridgehead atoms. The minimum atomic E-state index is -4.80. The molecule has 0 fully saturated rings. The zero-order valence-electron chi connectivity index (χ0n) is 13.5. The third-order valence-electron chi connectivity index (χ3n) is 4.04. The van der Waals surface area contributed by atoms with Crippen LogP contribution in [0.4, 0.5) is 22.0 Å². The van der Waals surface area contributed by atoms with Crippen molar-refractivity contribution in [1.29, 1.82) is 0 Å². The number of hydrogen-bond acceptors (Lipinski definition) is 4. The van der Waals surface area contributed by atoms with E-state index in [4.69, 9.17) is 0 Å². The molecule has 1 aromatic carbocycles. The Kier molecular flexibility index (Phi) is 3.80. The van der Waals surface area contributed by atoms with Crippen molar-refractivity contribution < 1.29 is 31.9 Å². The number of nitrogens with one attached hydrogen (secondary N) is 1. The number of aromatic carboxylic acids is 1. The Hall–Kier alpha value is -3.57. The van der Waals surface area contributed by atoms with Crippen LogP contribution in [0.5, 0.6) is 0 Å². The maximum Gasteiger partial charge on any atom is 0.433 e. The second-order valence-electron chi connectivity index (χ2n) is 5.78. The minimum Gasteiger partial charge on any atom is -0.478 e. The van der Waals surface area contributed by atoms with Crippen molar-refractivity contribution in [2.24, 2.45) is 0 Å². The quantitative estimate of drug-likeness (QED) is 0.511. The van der Waals surface area contributed by atoms with Gasteiger partial charge in [0.15, 0.2) is 11.5 Å². The molecule has 0 aliphatic carbocycles. The Labute approximate surface area is 151 Å². The normalized spacial score (nSPS) is 12.4. The number of nitrogens with zero attached hydrogens (tertiary/aromatic N) is 4. The highest BCUT2D eigenvalue weighted by atomic mass is 19.4. The molecule has 0 atom stereocenters. The lowest BCUT2D eigenvalue weighted by molar-refractivity contribution is -0.141. The standard InChI is InChI=1S/C16H8F5N5O2/c17-12(18)14-23-9-1-2-10(16(19,20)21)24-13(9)26(14)7-3-6-5-22-25-11(6)8(4-7)15(27)28/h1-5,12H,(H,22,25)(H,27,28). The van der Waals surface area contributed by atoms with Crippen molar-refractivity contribution >= 4 is 28.0 Å². The third kappa shape index (κ3) is 2.73.